The lowest BCUT2D eigenvalue weighted by molar-refractivity contribution is 0.0987. The van der Waals surface area contributed by atoms with Crippen LogP contribution < -0.4 is 0 Å². The van der Waals surface area contributed by atoms with E-state index in [1.165, 1.54) is 0 Å². The monoisotopic (exact) mass is 462 g/mol. The van der Waals surface area contributed by atoms with Crippen LogP contribution in [0.5, 0.6) is 0 Å². The summed E-state index contributed by atoms with van der Waals surface area (Å²) in [6.07, 6.45) is 2.20. The number of unbranched alkanes of at least 4 members (excludes halogenated alkanes) is 1. The Bertz CT molecular complexity index is 937. The molecule has 3 nitrogen and oxygen atoms in total. The summed E-state index contributed by atoms with van der Waals surface area (Å²) in [5, 5.41) is 2.43. The lowest BCUT2D eigenvalue weighted by Crippen LogP contribution is -2.07. The van der Waals surface area contributed by atoms with Crippen molar-refractivity contribution in [1.29, 1.82) is 0 Å². The standard InChI is InChI=1S/C24H28Cl2N2OS/c1-4-5-11-28-22(16-29-15-18-9-7-6-8-10-18)27-23(17(2)3)24(28)30-21-13-19(25)12-20(26)14-21/h6-10,12-14,17H,4-5,11,15-16H2,1-3H3. The normalized spacial score (nSPS) is 11.4. The minimum atomic E-state index is 0.304. The van der Waals surface area contributed by atoms with Gasteiger partial charge in [-0.1, -0.05) is 92.5 Å². The van der Waals surface area contributed by atoms with Gasteiger partial charge in [-0.25, -0.2) is 4.98 Å². The van der Waals surface area contributed by atoms with Crippen LogP contribution >= 0.6 is 35.0 Å². The quantitative estimate of drug-likeness (QED) is 0.305. The summed E-state index contributed by atoms with van der Waals surface area (Å²) < 4.78 is 8.34. The van der Waals surface area contributed by atoms with Crippen LogP contribution in [0.25, 0.3) is 0 Å². The molecule has 0 aliphatic carbocycles. The van der Waals surface area contributed by atoms with E-state index in [1.54, 1.807) is 17.8 Å². The van der Waals surface area contributed by atoms with E-state index in [0.29, 0.717) is 29.2 Å². The Hall–Kier alpha value is -1.46. The van der Waals surface area contributed by atoms with Crippen molar-refractivity contribution in [2.45, 2.75) is 69.2 Å². The maximum atomic E-state index is 6.23. The first-order valence-electron chi connectivity index (χ1n) is 10.3. The predicted octanol–water partition coefficient (Wildman–Crippen LogP) is 7.98. The second-order valence-corrected chi connectivity index (χ2v) is 9.50. The van der Waals surface area contributed by atoms with Gasteiger partial charge in [0.05, 0.1) is 12.3 Å². The second-order valence-electron chi connectivity index (χ2n) is 7.56. The zero-order valence-corrected chi connectivity index (χ0v) is 20.0. The van der Waals surface area contributed by atoms with E-state index in [-0.39, 0.29) is 0 Å². The van der Waals surface area contributed by atoms with Crippen LogP contribution in [-0.4, -0.2) is 9.55 Å². The fraction of sp³-hybridized carbons (Fsp3) is 0.375. The molecule has 0 amide bonds. The number of ether oxygens (including phenoxy) is 1. The second kappa shape index (κ2) is 11.2. The summed E-state index contributed by atoms with van der Waals surface area (Å²) in [6.45, 7) is 8.53. The van der Waals surface area contributed by atoms with Crippen molar-refractivity contribution >= 4 is 35.0 Å². The molecule has 30 heavy (non-hydrogen) atoms. The van der Waals surface area contributed by atoms with Crippen molar-refractivity contribution in [3.05, 3.63) is 75.7 Å². The summed E-state index contributed by atoms with van der Waals surface area (Å²) in [4.78, 5) is 6.00. The maximum absolute atomic E-state index is 6.23. The van der Waals surface area contributed by atoms with E-state index in [4.69, 9.17) is 32.9 Å². The zero-order chi connectivity index (χ0) is 21.5. The van der Waals surface area contributed by atoms with Gasteiger partial charge in [0.25, 0.3) is 0 Å². The van der Waals surface area contributed by atoms with Gasteiger partial charge in [0.2, 0.25) is 0 Å². The minimum absolute atomic E-state index is 0.304. The fourth-order valence-electron chi connectivity index (χ4n) is 3.18. The fourth-order valence-corrected chi connectivity index (χ4v) is 5.12. The van der Waals surface area contributed by atoms with Crippen molar-refractivity contribution in [2.24, 2.45) is 0 Å². The Kier molecular flexibility index (Phi) is 8.70. The average molecular weight is 463 g/mol. The molecule has 0 aliphatic rings. The molecule has 1 heterocycles. The Morgan fingerprint density at radius 3 is 2.37 bits per heavy atom. The highest BCUT2D eigenvalue weighted by Crippen LogP contribution is 2.37. The molecular weight excluding hydrogens is 435 g/mol. The number of aromatic nitrogens is 2. The molecule has 3 rings (SSSR count). The van der Waals surface area contributed by atoms with Crippen LogP contribution in [0, 0.1) is 0 Å². The number of imidazole rings is 1. The molecule has 0 N–H and O–H groups in total. The summed E-state index contributed by atoms with van der Waals surface area (Å²) in [5.74, 6) is 1.27. The third-order valence-electron chi connectivity index (χ3n) is 4.70. The molecule has 0 fully saturated rings. The SMILES string of the molecule is CCCCn1c(COCc2ccccc2)nc(C(C)C)c1Sc1cc(Cl)cc(Cl)c1. The first kappa shape index (κ1) is 23.2. The molecule has 0 aliphatic heterocycles. The van der Waals surface area contributed by atoms with E-state index >= 15 is 0 Å². The predicted molar refractivity (Wildman–Crippen MR) is 127 cm³/mol. The van der Waals surface area contributed by atoms with Gasteiger partial charge in [0.1, 0.15) is 17.5 Å². The van der Waals surface area contributed by atoms with Crippen LogP contribution in [0.3, 0.4) is 0 Å². The van der Waals surface area contributed by atoms with Gasteiger partial charge in [-0.15, -0.1) is 0 Å². The van der Waals surface area contributed by atoms with Crippen molar-refractivity contribution in [1.82, 2.24) is 9.55 Å². The molecule has 0 spiro atoms. The van der Waals surface area contributed by atoms with E-state index in [9.17, 15) is 0 Å². The Morgan fingerprint density at radius 1 is 1.03 bits per heavy atom. The first-order chi connectivity index (χ1) is 14.5. The van der Waals surface area contributed by atoms with Crippen molar-refractivity contribution in [3.63, 3.8) is 0 Å². The van der Waals surface area contributed by atoms with E-state index in [2.05, 4.69) is 37.5 Å². The number of rotatable bonds is 10. The molecule has 0 bridgehead atoms. The number of nitrogens with zero attached hydrogens (tertiary/aromatic N) is 2. The van der Waals surface area contributed by atoms with E-state index in [1.807, 2.05) is 30.3 Å². The molecule has 0 atom stereocenters. The zero-order valence-electron chi connectivity index (χ0n) is 17.7. The van der Waals surface area contributed by atoms with Gasteiger partial charge >= 0.3 is 0 Å². The van der Waals surface area contributed by atoms with Crippen molar-refractivity contribution in [2.75, 3.05) is 0 Å². The van der Waals surface area contributed by atoms with Crippen molar-refractivity contribution < 1.29 is 4.74 Å². The number of benzene rings is 2. The Morgan fingerprint density at radius 2 is 1.73 bits per heavy atom. The molecule has 3 aromatic rings. The number of hydrogen-bond donors (Lipinski definition) is 0. The third kappa shape index (κ3) is 6.27. The summed E-state index contributed by atoms with van der Waals surface area (Å²) >= 11 is 14.1. The molecular formula is C24H28Cl2N2OS. The minimum Gasteiger partial charge on any atom is -0.369 e. The summed E-state index contributed by atoms with van der Waals surface area (Å²) in [5.41, 5.74) is 2.25. The molecule has 0 saturated heterocycles. The lowest BCUT2D eigenvalue weighted by Gasteiger charge is -2.13. The Labute approximate surface area is 193 Å². The molecule has 0 unspecified atom stereocenters. The highest BCUT2D eigenvalue weighted by molar-refractivity contribution is 7.99. The van der Waals surface area contributed by atoms with Crippen LogP contribution in [0.1, 0.15) is 56.6 Å². The Balaban J connectivity index is 1.88. The maximum Gasteiger partial charge on any atom is 0.136 e. The van der Waals surface area contributed by atoms with Crippen LogP contribution in [0.2, 0.25) is 10.0 Å². The average Bonchev–Trinajstić information content (AvgIpc) is 3.04. The van der Waals surface area contributed by atoms with Gasteiger partial charge in [0, 0.05) is 21.5 Å². The molecule has 1 aromatic heterocycles. The van der Waals surface area contributed by atoms with Crippen LogP contribution in [-0.2, 0) is 24.5 Å². The summed E-state index contributed by atoms with van der Waals surface area (Å²) in [7, 11) is 0. The third-order valence-corrected chi connectivity index (χ3v) is 6.23. The highest BCUT2D eigenvalue weighted by Gasteiger charge is 2.20. The van der Waals surface area contributed by atoms with Gasteiger partial charge in [-0.05, 0) is 36.1 Å². The van der Waals surface area contributed by atoms with Gasteiger partial charge in [-0.3, -0.25) is 0 Å². The van der Waals surface area contributed by atoms with Gasteiger partial charge in [-0.2, -0.15) is 0 Å². The van der Waals surface area contributed by atoms with E-state index in [0.717, 1.165) is 46.4 Å². The molecule has 6 heteroatoms. The van der Waals surface area contributed by atoms with Gasteiger partial charge in [0.15, 0.2) is 0 Å². The summed E-state index contributed by atoms with van der Waals surface area (Å²) in [6, 6.07) is 15.9. The largest absolute Gasteiger partial charge is 0.369 e. The molecule has 0 radical (unpaired) electrons. The smallest absolute Gasteiger partial charge is 0.136 e. The molecule has 0 saturated carbocycles. The van der Waals surface area contributed by atoms with Gasteiger partial charge < -0.3 is 9.30 Å². The number of halogens is 2. The topological polar surface area (TPSA) is 27.1 Å². The van der Waals surface area contributed by atoms with Crippen LogP contribution in [0.15, 0.2) is 58.5 Å². The van der Waals surface area contributed by atoms with Crippen molar-refractivity contribution in [3.8, 4) is 0 Å². The highest BCUT2D eigenvalue weighted by atomic mass is 35.5. The molecule has 160 valence electrons. The lowest BCUT2D eigenvalue weighted by atomic mass is 10.1. The van der Waals surface area contributed by atoms with Crippen LogP contribution in [0.4, 0.5) is 0 Å². The number of hydrogen-bond acceptors (Lipinski definition) is 3. The molecule has 2 aromatic carbocycles. The first-order valence-corrected chi connectivity index (χ1v) is 11.9. The van der Waals surface area contributed by atoms with E-state index < -0.39 is 0 Å².